The summed E-state index contributed by atoms with van der Waals surface area (Å²) in [5.41, 5.74) is 1.79. The van der Waals surface area contributed by atoms with Gasteiger partial charge in [0.05, 0.1) is 13.0 Å². The Morgan fingerprint density at radius 2 is 1.78 bits per heavy atom. The first-order chi connectivity index (χ1) is 13.1. The van der Waals surface area contributed by atoms with Crippen molar-refractivity contribution in [3.8, 4) is 11.5 Å². The molecule has 1 heterocycles. The summed E-state index contributed by atoms with van der Waals surface area (Å²) in [7, 11) is 1.59. The second-order valence-electron chi connectivity index (χ2n) is 6.20. The summed E-state index contributed by atoms with van der Waals surface area (Å²) < 4.78 is 10.7. The molecule has 2 aromatic carbocycles. The van der Waals surface area contributed by atoms with Crippen LogP contribution in [-0.4, -0.2) is 48.1 Å². The Kier molecular flexibility index (Phi) is 6.24. The maximum atomic E-state index is 12.6. The van der Waals surface area contributed by atoms with Gasteiger partial charge in [-0.1, -0.05) is 17.7 Å². The Balaban J connectivity index is 1.57. The predicted octanol–water partition coefficient (Wildman–Crippen LogP) is 2.92. The van der Waals surface area contributed by atoms with Crippen molar-refractivity contribution in [2.24, 2.45) is 0 Å². The number of hydrogen-bond acceptors (Lipinski definition) is 5. The molecule has 1 unspecified atom stereocenters. The van der Waals surface area contributed by atoms with Crippen LogP contribution in [0.3, 0.4) is 0 Å². The lowest BCUT2D eigenvalue weighted by atomic mass is 10.2. The van der Waals surface area contributed by atoms with Crippen LogP contribution < -0.4 is 14.8 Å². The molecule has 1 saturated heterocycles. The van der Waals surface area contributed by atoms with Gasteiger partial charge in [0, 0.05) is 11.4 Å². The number of rotatable bonds is 6. The quantitative estimate of drug-likeness (QED) is 0.827. The average Bonchev–Trinajstić information content (AvgIpc) is 3.18. The number of aryl methyl sites for hydroxylation is 1. The van der Waals surface area contributed by atoms with Crippen molar-refractivity contribution in [1.82, 2.24) is 4.90 Å². The van der Waals surface area contributed by atoms with Crippen molar-refractivity contribution in [1.29, 1.82) is 0 Å². The monoisotopic (exact) mass is 386 g/mol. The molecule has 0 aliphatic carbocycles. The van der Waals surface area contributed by atoms with Crippen LogP contribution in [0.2, 0.25) is 0 Å². The first-order valence-corrected chi connectivity index (χ1v) is 9.74. The Morgan fingerprint density at radius 1 is 1.11 bits per heavy atom. The molecule has 142 valence electrons. The largest absolute Gasteiger partial charge is 0.497 e. The van der Waals surface area contributed by atoms with Gasteiger partial charge in [0.2, 0.25) is 5.91 Å². The molecule has 1 atom stereocenters. The lowest BCUT2D eigenvalue weighted by molar-refractivity contribution is -0.137. The first kappa shape index (κ1) is 19.1. The molecule has 0 bridgehead atoms. The minimum atomic E-state index is -0.508. The molecule has 0 saturated carbocycles. The summed E-state index contributed by atoms with van der Waals surface area (Å²) in [6.45, 7) is 1.90. The van der Waals surface area contributed by atoms with Crippen LogP contribution in [0.1, 0.15) is 5.56 Å². The van der Waals surface area contributed by atoms with Gasteiger partial charge in [-0.25, -0.2) is 0 Å². The second kappa shape index (κ2) is 8.81. The Hall–Kier alpha value is -2.67. The molecule has 1 N–H and O–H groups in total. The fourth-order valence-corrected chi connectivity index (χ4v) is 3.85. The number of thioether (sulfide) groups is 1. The third kappa shape index (κ3) is 4.95. The molecule has 0 radical (unpaired) electrons. The van der Waals surface area contributed by atoms with Crippen molar-refractivity contribution < 1.29 is 19.1 Å². The SMILES string of the molecule is COc1ccc(NC(=O)C2CSCN2C(=O)COc2ccc(C)cc2)cc1. The molecule has 0 spiro atoms. The smallest absolute Gasteiger partial charge is 0.261 e. The van der Waals surface area contributed by atoms with E-state index in [-0.39, 0.29) is 18.4 Å². The molecule has 2 amide bonds. The number of benzene rings is 2. The van der Waals surface area contributed by atoms with Crippen LogP contribution in [0.4, 0.5) is 5.69 Å². The number of nitrogens with one attached hydrogen (secondary N) is 1. The third-order valence-corrected chi connectivity index (χ3v) is 5.26. The molecular weight excluding hydrogens is 364 g/mol. The molecule has 2 aromatic rings. The van der Waals surface area contributed by atoms with Crippen LogP contribution in [0.25, 0.3) is 0 Å². The predicted molar refractivity (Wildman–Crippen MR) is 106 cm³/mol. The van der Waals surface area contributed by atoms with E-state index in [1.807, 2.05) is 31.2 Å². The zero-order chi connectivity index (χ0) is 19.2. The van der Waals surface area contributed by atoms with Gasteiger partial charge in [0.25, 0.3) is 5.91 Å². The van der Waals surface area contributed by atoms with Gasteiger partial charge in [-0.2, -0.15) is 0 Å². The minimum Gasteiger partial charge on any atom is -0.497 e. The maximum Gasteiger partial charge on any atom is 0.261 e. The van der Waals surface area contributed by atoms with E-state index < -0.39 is 6.04 Å². The van der Waals surface area contributed by atoms with E-state index in [9.17, 15) is 9.59 Å². The lowest BCUT2D eigenvalue weighted by Crippen LogP contribution is -2.46. The highest BCUT2D eigenvalue weighted by Crippen LogP contribution is 2.23. The number of hydrogen-bond donors (Lipinski definition) is 1. The topological polar surface area (TPSA) is 67.9 Å². The number of carbonyl (C=O) groups excluding carboxylic acids is 2. The Morgan fingerprint density at radius 3 is 2.44 bits per heavy atom. The average molecular weight is 386 g/mol. The van der Waals surface area contributed by atoms with Crippen LogP contribution in [0.5, 0.6) is 11.5 Å². The molecule has 1 aliphatic rings. The molecule has 1 aliphatic heterocycles. The first-order valence-electron chi connectivity index (χ1n) is 8.58. The number of amides is 2. The molecule has 7 heteroatoms. The van der Waals surface area contributed by atoms with Crippen molar-refractivity contribution in [3.05, 3.63) is 54.1 Å². The lowest BCUT2D eigenvalue weighted by Gasteiger charge is -2.23. The fraction of sp³-hybridized carbons (Fsp3) is 0.300. The van der Waals surface area contributed by atoms with Gasteiger partial charge >= 0.3 is 0 Å². The highest BCUT2D eigenvalue weighted by Gasteiger charge is 2.34. The Bertz CT molecular complexity index is 793. The van der Waals surface area contributed by atoms with E-state index in [4.69, 9.17) is 9.47 Å². The van der Waals surface area contributed by atoms with E-state index in [2.05, 4.69) is 5.32 Å². The molecule has 3 rings (SSSR count). The van der Waals surface area contributed by atoms with Gasteiger partial charge in [0.15, 0.2) is 6.61 Å². The molecular formula is C20H22N2O4S. The molecule has 0 aromatic heterocycles. The summed E-state index contributed by atoms with van der Waals surface area (Å²) in [5, 5.41) is 2.86. The number of nitrogens with zero attached hydrogens (tertiary/aromatic N) is 1. The van der Waals surface area contributed by atoms with Crippen molar-refractivity contribution in [2.75, 3.05) is 30.7 Å². The van der Waals surface area contributed by atoms with Gasteiger partial charge in [-0.15, -0.1) is 11.8 Å². The van der Waals surface area contributed by atoms with Crippen LogP contribution in [0, 0.1) is 6.92 Å². The summed E-state index contributed by atoms with van der Waals surface area (Å²) >= 11 is 1.56. The standard InChI is InChI=1S/C20H22N2O4S/c1-14-3-7-17(8-4-14)26-11-19(23)22-13-27-12-18(22)20(24)21-15-5-9-16(25-2)10-6-15/h3-10,18H,11-13H2,1-2H3,(H,21,24). The minimum absolute atomic E-state index is 0.0874. The van der Waals surface area contributed by atoms with E-state index in [1.54, 1.807) is 48.0 Å². The zero-order valence-electron chi connectivity index (χ0n) is 15.3. The van der Waals surface area contributed by atoms with Gasteiger partial charge in [-0.3, -0.25) is 9.59 Å². The van der Waals surface area contributed by atoms with Gasteiger partial charge in [-0.05, 0) is 43.3 Å². The Labute approximate surface area is 162 Å². The number of carbonyl (C=O) groups is 2. The molecule has 27 heavy (non-hydrogen) atoms. The number of ether oxygens (including phenoxy) is 2. The normalized spacial score (nSPS) is 16.1. The summed E-state index contributed by atoms with van der Waals surface area (Å²) in [6.07, 6.45) is 0. The maximum absolute atomic E-state index is 12.6. The van der Waals surface area contributed by atoms with E-state index >= 15 is 0 Å². The van der Waals surface area contributed by atoms with Crippen molar-refractivity contribution in [3.63, 3.8) is 0 Å². The van der Waals surface area contributed by atoms with E-state index in [0.717, 1.165) is 11.3 Å². The second-order valence-corrected chi connectivity index (χ2v) is 7.20. The highest BCUT2D eigenvalue weighted by molar-refractivity contribution is 7.99. The van der Waals surface area contributed by atoms with Crippen LogP contribution >= 0.6 is 11.8 Å². The number of anilines is 1. The summed E-state index contributed by atoms with van der Waals surface area (Å²) in [5.74, 6) is 2.01. The highest BCUT2D eigenvalue weighted by atomic mass is 32.2. The third-order valence-electron chi connectivity index (χ3n) is 4.25. The fourth-order valence-electron chi connectivity index (χ4n) is 2.67. The summed E-state index contributed by atoms with van der Waals surface area (Å²) in [4.78, 5) is 26.7. The van der Waals surface area contributed by atoms with E-state index in [0.29, 0.717) is 23.1 Å². The van der Waals surface area contributed by atoms with Crippen LogP contribution in [0.15, 0.2) is 48.5 Å². The summed E-state index contributed by atoms with van der Waals surface area (Å²) in [6, 6.07) is 14.1. The number of methoxy groups -OCH3 is 1. The van der Waals surface area contributed by atoms with Crippen molar-refractivity contribution >= 4 is 29.3 Å². The molecule has 6 nitrogen and oxygen atoms in total. The van der Waals surface area contributed by atoms with Crippen molar-refractivity contribution in [2.45, 2.75) is 13.0 Å². The van der Waals surface area contributed by atoms with E-state index in [1.165, 1.54) is 0 Å². The van der Waals surface area contributed by atoms with Crippen LogP contribution in [-0.2, 0) is 9.59 Å². The molecule has 1 fully saturated rings. The van der Waals surface area contributed by atoms with Gasteiger partial charge in [0.1, 0.15) is 17.5 Å². The van der Waals surface area contributed by atoms with Gasteiger partial charge < -0.3 is 19.7 Å². The zero-order valence-corrected chi connectivity index (χ0v) is 16.1.